The van der Waals surface area contributed by atoms with E-state index in [0.29, 0.717) is 12.6 Å². The van der Waals surface area contributed by atoms with Crippen LogP contribution in [0.5, 0.6) is 5.75 Å². The van der Waals surface area contributed by atoms with Crippen LogP contribution < -0.4 is 10.1 Å². The molecule has 0 aliphatic heterocycles. The van der Waals surface area contributed by atoms with Crippen LogP contribution in [0.15, 0.2) is 31.0 Å². The van der Waals surface area contributed by atoms with E-state index in [-0.39, 0.29) is 0 Å². The number of aromatic nitrogens is 5. The van der Waals surface area contributed by atoms with Crippen molar-refractivity contribution in [1.82, 2.24) is 24.5 Å². The zero-order chi connectivity index (χ0) is 14.9. The van der Waals surface area contributed by atoms with E-state index < -0.39 is 0 Å². The number of pyridine rings is 1. The number of ether oxygens (including phenoxy) is 1. The number of methoxy groups -OCH3 is 1. The van der Waals surface area contributed by atoms with Gasteiger partial charge in [0, 0.05) is 6.04 Å². The second-order valence-electron chi connectivity index (χ2n) is 5.32. The fraction of sp³-hybridized carbons (Fsp3) is 0.333. The second kappa shape index (κ2) is 5.25. The first-order valence-electron chi connectivity index (χ1n) is 7.25. The van der Waals surface area contributed by atoms with Crippen molar-refractivity contribution < 1.29 is 4.74 Å². The molecule has 4 rings (SSSR count). The van der Waals surface area contributed by atoms with Crippen molar-refractivity contribution in [2.75, 3.05) is 12.4 Å². The molecule has 0 saturated heterocycles. The van der Waals surface area contributed by atoms with E-state index in [1.807, 2.05) is 18.5 Å². The smallest absolute Gasteiger partial charge is 0.165 e. The lowest BCUT2D eigenvalue weighted by Crippen LogP contribution is -2.04. The maximum absolute atomic E-state index is 5.10. The molecule has 0 bridgehead atoms. The number of nitrogens with one attached hydrogen (secondary N) is 1. The van der Waals surface area contributed by atoms with Crippen LogP contribution in [0.3, 0.4) is 0 Å². The summed E-state index contributed by atoms with van der Waals surface area (Å²) in [5, 5.41) is 3.28. The Morgan fingerprint density at radius 1 is 1.23 bits per heavy atom. The van der Waals surface area contributed by atoms with Gasteiger partial charge in [0.15, 0.2) is 11.5 Å². The molecular formula is C15H16N6O. The van der Waals surface area contributed by atoms with Crippen molar-refractivity contribution in [3.8, 4) is 5.75 Å². The summed E-state index contributed by atoms with van der Waals surface area (Å²) >= 11 is 0. The average Bonchev–Trinajstić information content (AvgIpc) is 3.32. The van der Waals surface area contributed by atoms with Gasteiger partial charge in [0.2, 0.25) is 0 Å². The zero-order valence-electron chi connectivity index (χ0n) is 12.2. The number of rotatable bonds is 5. The lowest BCUT2D eigenvalue weighted by atomic mass is 10.3. The van der Waals surface area contributed by atoms with Crippen molar-refractivity contribution in [1.29, 1.82) is 0 Å². The first-order chi connectivity index (χ1) is 10.8. The highest BCUT2D eigenvalue weighted by atomic mass is 16.5. The van der Waals surface area contributed by atoms with Gasteiger partial charge in [0.05, 0.1) is 31.9 Å². The minimum absolute atomic E-state index is 0.552. The molecule has 1 aliphatic carbocycles. The summed E-state index contributed by atoms with van der Waals surface area (Å²) in [6, 6.07) is 4.37. The molecule has 1 N–H and O–H groups in total. The fourth-order valence-electron chi connectivity index (χ4n) is 2.41. The molecule has 3 heterocycles. The molecule has 0 amide bonds. The van der Waals surface area contributed by atoms with Crippen LogP contribution in [-0.2, 0) is 6.54 Å². The standard InChI is InChI=1S/C15H16N6O/c1-22-12-5-2-10(16-7-12)6-17-14-13-15(19-8-18-14)21(9-20-13)11-3-4-11/h2,5,7-9,11H,3-4,6H2,1H3,(H,17,18,19). The Hall–Kier alpha value is -2.70. The highest BCUT2D eigenvalue weighted by Crippen LogP contribution is 2.37. The highest BCUT2D eigenvalue weighted by molar-refractivity contribution is 5.82. The second-order valence-corrected chi connectivity index (χ2v) is 5.32. The largest absolute Gasteiger partial charge is 0.495 e. The van der Waals surface area contributed by atoms with Crippen molar-refractivity contribution >= 4 is 17.0 Å². The third kappa shape index (κ3) is 2.34. The van der Waals surface area contributed by atoms with Crippen LogP contribution in [-0.4, -0.2) is 31.6 Å². The molecule has 0 spiro atoms. The van der Waals surface area contributed by atoms with Gasteiger partial charge in [-0.15, -0.1) is 0 Å². The zero-order valence-corrected chi connectivity index (χ0v) is 12.2. The van der Waals surface area contributed by atoms with E-state index in [9.17, 15) is 0 Å². The van der Waals surface area contributed by atoms with E-state index in [0.717, 1.165) is 28.4 Å². The van der Waals surface area contributed by atoms with Crippen LogP contribution in [0.1, 0.15) is 24.6 Å². The molecule has 7 heteroatoms. The molecule has 1 fully saturated rings. The summed E-state index contributed by atoms with van der Waals surface area (Å²) in [6.45, 7) is 0.576. The van der Waals surface area contributed by atoms with Gasteiger partial charge in [-0.25, -0.2) is 15.0 Å². The van der Waals surface area contributed by atoms with Crippen LogP contribution in [0.2, 0.25) is 0 Å². The Bertz CT molecular complexity index is 793. The number of hydrogen-bond donors (Lipinski definition) is 1. The first-order valence-corrected chi connectivity index (χ1v) is 7.25. The van der Waals surface area contributed by atoms with Gasteiger partial charge in [-0.05, 0) is 25.0 Å². The van der Waals surface area contributed by atoms with Gasteiger partial charge in [-0.1, -0.05) is 0 Å². The van der Waals surface area contributed by atoms with Gasteiger partial charge in [-0.2, -0.15) is 0 Å². The number of anilines is 1. The summed E-state index contributed by atoms with van der Waals surface area (Å²) < 4.78 is 7.24. The van der Waals surface area contributed by atoms with E-state index in [4.69, 9.17) is 4.74 Å². The Kier molecular flexibility index (Phi) is 3.10. The molecule has 7 nitrogen and oxygen atoms in total. The van der Waals surface area contributed by atoms with Crippen molar-refractivity contribution in [2.24, 2.45) is 0 Å². The van der Waals surface area contributed by atoms with E-state index >= 15 is 0 Å². The third-order valence-corrected chi connectivity index (χ3v) is 3.77. The molecule has 0 unspecified atom stereocenters. The Balaban J connectivity index is 1.55. The number of imidazole rings is 1. The molecule has 1 saturated carbocycles. The molecule has 3 aromatic heterocycles. The molecule has 3 aromatic rings. The van der Waals surface area contributed by atoms with Crippen LogP contribution in [0.25, 0.3) is 11.2 Å². The van der Waals surface area contributed by atoms with Gasteiger partial charge in [0.25, 0.3) is 0 Å². The maximum Gasteiger partial charge on any atom is 0.165 e. The molecular weight excluding hydrogens is 280 g/mol. The van der Waals surface area contributed by atoms with Gasteiger partial charge in [-0.3, -0.25) is 4.98 Å². The molecule has 22 heavy (non-hydrogen) atoms. The molecule has 1 aliphatic rings. The first kappa shape index (κ1) is 13.0. The summed E-state index contributed by atoms with van der Waals surface area (Å²) in [5.41, 5.74) is 2.61. The lowest BCUT2D eigenvalue weighted by molar-refractivity contribution is 0.412. The third-order valence-electron chi connectivity index (χ3n) is 3.77. The van der Waals surface area contributed by atoms with E-state index in [1.165, 1.54) is 12.8 Å². The summed E-state index contributed by atoms with van der Waals surface area (Å²) in [6.07, 6.45) is 7.54. The molecule has 0 radical (unpaired) electrons. The van der Waals surface area contributed by atoms with Crippen molar-refractivity contribution in [3.63, 3.8) is 0 Å². The van der Waals surface area contributed by atoms with Gasteiger partial charge < -0.3 is 14.6 Å². The van der Waals surface area contributed by atoms with Gasteiger partial charge in [0.1, 0.15) is 17.6 Å². The highest BCUT2D eigenvalue weighted by Gasteiger charge is 2.26. The molecule has 0 atom stereocenters. The average molecular weight is 296 g/mol. The quantitative estimate of drug-likeness (QED) is 0.777. The topological polar surface area (TPSA) is 77.8 Å². The van der Waals surface area contributed by atoms with Gasteiger partial charge >= 0.3 is 0 Å². The lowest BCUT2D eigenvalue weighted by Gasteiger charge is -2.06. The van der Waals surface area contributed by atoms with Crippen LogP contribution >= 0.6 is 0 Å². The minimum Gasteiger partial charge on any atom is -0.495 e. The number of hydrogen-bond acceptors (Lipinski definition) is 6. The van der Waals surface area contributed by atoms with Crippen molar-refractivity contribution in [2.45, 2.75) is 25.4 Å². The minimum atomic E-state index is 0.552. The van der Waals surface area contributed by atoms with Crippen molar-refractivity contribution in [3.05, 3.63) is 36.7 Å². The van der Waals surface area contributed by atoms with Crippen LogP contribution in [0.4, 0.5) is 5.82 Å². The Labute approximate surface area is 127 Å². The summed E-state index contributed by atoms with van der Waals surface area (Å²) in [7, 11) is 1.63. The van der Waals surface area contributed by atoms with E-state index in [2.05, 4.69) is 29.8 Å². The monoisotopic (exact) mass is 296 g/mol. The number of nitrogens with zero attached hydrogens (tertiary/aromatic N) is 5. The summed E-state index contributed by atoms with van der Waals surface area (Å²) in [5.74, 6) is 1.48. The normalized spacial score (nSPS) is 14.2. The fourth-order valence-corrected chi connectivity index (χ4v) is 2.41. The predicted octanol–water partition coefficient (Wildman–Crippen LogP) is 2.18. The Morgan fingerprint density at radius 2 is 2.14 bits per heavy atom. The van der Waals surface area contributed by atoms with Crippen LogP contribution in [0, 0.1) is 0 Å². The van der Waals surface area contributed by atoms with E-state index in [1.54, 1.807) is 19.6 Å². The SMILES string of the molecule is COc1ccc(CNc2ncnc3c2ncn3C2CC2)nc1. The maximum atomic E-state index is 5.10. The summed E-state index contributed by atoms with van der Waals surface area (Å²) in [4.78, 5) is 17.4. The predicted molar refractivity (Wildman–Crippen MR) is 81.7 cm³/mol. The Morgan fingerprint density at radius 3 is 2.86 bits per heavy atom. The number of fused-ring (bicyclic) bond motifs is 1. The molecule has 112 valence electrons. The molecule has 0 aromatic carbocycles.